The molecule has 0 fully saturated rings. The van der Waals surface area contributed by atoms with Crippen molar-refractivity contribution in [1.29, 1.82) is 0 Å². The van der Waals surface area contributed by atoms with E-state index in [0.717, 1.165) is 5.56 Å². The fourth-order valence-electron chi connectivity index (χ4n) is 4.79. The number of esters is 2. The standard InChI is InChI=1S/C27H29NO7/c1-14-12-19-23(25(29)21(14)26(30)33-5)24(20-11-6-15(2)35-20)22(16(3)28-19)27(31)34-13-17-7-9-18(32-4)10-8-17/h6-11,14,21,24,28H,12-13H2,1-5H3/t14-,21+,24+/m1/s1. The number of dihydropyridines is 1. The molecule has 0 spiro atoms. The van der Waals surface area contributed by atoms with Crippen LogP contribution in [-0.2, 0) is 30.5 Å². The normalized spacial score (nSPS) is 21.9. The second kappa shape index (κ2) is 9.82. The van der Waals surface area contributed by atoms with Gasteiger partial charge in [-0.05, 0) is 56.0 Å². The molecule has 35 heavy (non-hydrogen) atoms. The number of ether oxygens (including phenoxy) is 3. The first-order valence-electron chi connectivity index (χ1n) is 11.4. The van der Waals surface area contributed by atoms with Crippen LogP contribution < -0.4 is 10.1 Å². The van der Waals surface area contributed by atoms with Gasteiger partial charge in [0.1, 0.15) is 29.8 Å². The zero-order chi connectivity index (χ0) is 25.3. The number of hydrogen-bond acceptors (Lipinski definition) is 8. The maximum atomic E-state index is 13.6. The minimum Gasteiger partial charge on any atom is -0.497 e. The summed E-state index contributed by atoms with van der Waals surface area (Å²) < 4.78 is 21.6. The monoisotopic (exact) mass is 479 g/mol. The quantitative estimate of drug-likeness (QED) is 0.491. The van der Waals surface area contributed by atoms with E-state index < -0.39 is 23.8 Å². The Hall–Kier alpha value is -3.81. The van der Waals surface area contributed by atoms with E-state index in [1.165, 1.54) is 7.11 Å². The smallest absolute Gasteiger partial charge is 0.337 e. The highest BCUT2D eigenvalue weighted by Crippen LogP contribution is 2.45. The molecule has 1 aromatic carbocycles. The van der Waals surface area contributed by atoms with Gasteiger partial charge in [-0.3, -0.25) is 9.59 Å². The Bertz CT molecular complexity index is 1220. The number of hydrogen-bond donors (Lipinski definition) is 1. The third kappa shape index (κ3) is 4.60. The first kappa shape index (κ1) is 24.3. The molecule has 4 rings (SSSR count). The van der Waals surface area contributed by atoms with Crippen molar-refractivity contribution in [2.75, 3.05) is 14.2 Å². The predicted molar refractivity (Wildman–Crippen MR) is 126 cm³/mol. The van der Waals surface area contributed by atoms with Gasteiger partial charge in [0.15, 0.2) is 5.78 Å². The van der Waals surface area contributed by atoms with Gasteiger partial charge in [0.25, 0.3) is 0 Å². The van der Waals surface area contributed by atoms with Gasteiger partial charge in [-0.2, -0.15) is 0 Å². The topological polar surface area (TPSA) is 104 Å². The number of carbonyl (C=O) groups is 3. The molecule has 3 atom stereocenters. The van der Waals surface area contributed by atoms with Gasteiger partial charge in [-0.25, -0.2) is 4.79 Å². The Balaban J connectivity index is 1.69. The second-order valence-electron chi connectivity index (χ2n) is 8.91. The van der Waals surface area contributed by atoms with Gasteiger partial charge >= 0.3 is 11.9 Å². The molecule has 8 nitrogen and oxygen atoms in total. The summed E-state index contributed by atoms with van der Waals surface area (Å²) in [5.74, 6) is -1.74. The van der Waals surface area contributed by atoms with Gasteiger partial charge in [-0.15, -0.1) is 0 Å². The van der Waals surface area contributed by atoms with Crippen LogP contribution >= 0.6 is 0 Å². The fourth-order valence-corrected chi connectivity index (χ4v) is 4.79. The molecular weight excluding hydrogens is 450 g/mol. The molecule has 1 aromatic heterocycles. The summed E-state index contributed by atoms with van der Waals surface area (Å²) in [7, 11) is 2.85. The number of aryl methyl sites for hydroxylation is 1. The third-order valence-corrected chi connectivity index (χ3v) is 6.54. The van der Waals surface area contributed by atoms with Gasteiger partial charge in [-0.1, -0.05) is 19.1 Å². The summed E-state index contributed by atoms with van der Waals surface area (Å²) >= 11 is 0. The van der Waals surface area contributed by atoms with E-state index in [0.29, 0.717) is 40.7 Å². The molecule has 0 bridgehead atoms. The molecule has 1 aliphatic heterocycles. The highest BCUT2D eigenvalue weighted by atomic mass is 16.5. The maximum Gasteiger partial charge on any atom is 0.337 e. The molecule has 2 aliphatic rings. The Morgan fingerprint density at radius 2 is 1.80 bits per heavy atom. The van der Waals surface area contributed by atoms with Gasteiger partial charge in [0.2, 0.25) is 0 Å². The number of benzene rings is 1. The fraction of sp³-hybridized carbons (Fsp3) is 0.370. The van der Waals surface area contributed by atoms with Gasteiger partial charge in [0, 0.05) is 17.0 Å². The van der Waals surface area contributed by atoms with Crippen LogP contribution in [0.2, 0.25) is 0 Å². The van der Waals surface area contributed by atoms with E-state index in [9.17, 15) is 14.4 Å². The molecule has 0 unspecified atom stereocenters. The van der Waals surface area contributed by atoms with Crippen molar-refractivity contribution in [3.63, 3.8) is 0 Å². The van der Waals surface area contributed by atoms with Crippen molar-refractivity contribution in [3.8, 4) is 5.75 Å². The molecule has 2 aromatic rings. The van der Waals surface area contributed by atoms with Crippen LogP contribution in [0.15, 0.2) is 63.4 Å². The maximum absolute atomic E-state index is 13.6. The largest absolute Gasteiger partial charge is 0.497 e. The van der Waals surface area contributed by atoms with Gasteiger partial charge < -0.3 is 23.9 Å². The summed E-state index contributed by atoms with van der Waals surface area (Å²) in [6, 6.07) is 10.7. The molecule has 8 heteroatoms. The lowest BCUT2D eigenvalue weighted by atomic mass is 9.70. The molecule has 1 N–H and O–H groups in total. The van der Waals surface area contributed by atoms with Crippen molar-refractivity contribution in [2.45, 2.75) is 39.7 Å². The van der Waals surface area contributed by atoms with Crippen molar-refractivity contribution in [3.05, 3.63) is 76.0 Å². The number of ketones is 1. The summed E-state index contributed by atoms with van der Waals surface area (Å²) in [4.78, 5) is 39.5. The number of allylic oxidation sites excluding steroid dienone is 3. The minimum absolute atomic E-state index is 0.0468. The summed E-state index contributed by atoms with van der Waals surface area (Å²) in [6.45, 7) is 5.46. The minimum atomic E-state index is -0.950. The van der Waals surface area contributed by atoms with E-state index in [1.54, 1.807) is 45.2 Å². The molecule has 184 valence electrons. The molecular formula is C27H29NO7. The SMILES string of the molecule is COC(=O)[C@@H]1C(=O)C2=C(C[C@H]1C)NC(C)=C(C(=O)OCc1ccc(OC)cc1)[C@@H]2c1ccc(C)o1. The van der Waals surface area contributed by atoms with Crippen molar-refractivity contribution >= 4 is 17.7 Å². The average Bonchev–Trinajstić information content (AvgIpc) is 3.27. The van der Waals surface area contributed by atoms with E-state index in [2.05, 4.69) is 5.32 Å². The van der Waals surface area contributed by atoms with Crippen LogP contribution in [0.3, 0.4) is 0 Å². The lowest BCUT2D eigenvalue weighted by Gasteiger charge is -2.37. The Kier molecular flexibility index (Phi) is 6.82. The van der Waals surface area contributed by atoms with E-state index >= 15 is 0 Å². The average molecular weight is 480 g/mol. The van der Waals surface area contributed by atoms with Gasteiger partial charge in [0.05, 0.1) is 25.7 Å². The lowest BCUT2D eigenvalue weighted by Crippen LogP contribution is -2.43. The zero-order valence-electron chi connectivity index (χ0n) is 20.5. The number of rotatable bonds is 6. The van der Waals surface area contributed by atoms with Crippen LogP contribution in [0.1, 0.15) is 43.3 Å². The highest BCUT2D eigenvalue weighted by molar-refractivity contribution is 6.12. The first-order valence-corrected chi connectivity index (χ1v) is 11.4. The lowest BCUT2D eigenvalue weighted by molar-refractivity contribution is -0.151. The number of methoxy groups -OCH3 is 2. The van der Waals surface area contributed by atoms with E-state index in [1.807, 2.05) is 19.1 Å². The Morgan fingerprint density at radius 3 is 2.40 bits per heavy atom. The number of carbonyl (C=O) groups excluding carboxylic acids is 3. The molecule has 0 saturated carbocycles. The first-order chi connectivity index (χ1) is 16.7. The number of nitrogens with one attached hydrogen (secondary N) is 1. The summed E-state index contributed by atoms with van der Waals surface area (Å²) in [6.07, 6.45) is 0.461. The number of furan rings is 1. The highest BCUT2D eigenvalue weighted by Gasteiger charge is 2.48. The van der Waals surface area contributed by atoms with Crippen LogP contribution in [0.4, 0.5) is 0 Å². The van der Waals surface area contributed by atoms with Crippen molar-refractivity contribution in [1.82, 2.24) is 5.32 Å². The van der Waals surface area contributed by atoms with Crippen LogP contribution in [0.25, 0.3) is 0 Å². The molecule has 0 amide bonds. The van der Waals surface area contributed by atoms with E-state index in [4.69, 9.17) is 18.6 Å². The summed E-state index contributed by atoms with van der Waals surface area (Å²) in [5.41, 5.74) is 2.68. The van der Waals surface area contributed by atoms with E-state index in [-0.39, 0.29) is 23.9 Å². The van der Waals surface area contributed by atoms with Crippen molar-refractivity contribution < 1.29 is 33.0 Å². The van der Waals surface area contributed by atoms with Crippen molar-refractivity contribution in [2.24, 2.45) is 11.8 Å². The van der Waals surface area contributed by atoms with Crippen LogP contribution in [0.5, 0.6) is 5.75 Å². The Labute approximate surface area is 203 Å². The molecule has 0 saturated heterocycles. The Morgan fingerprint density at radius 1 is 1.09 bits per heavy atom. The van der Waals surface area contributed by atoms with Crippen LogP contribution in [0, 0.1) is 18.8 Å². The zero-order valence-corrected chi connectivity index (χ0v) is 20.5. The molecule has 2 heterocycles. The molecule has 0 radical (unpaired) electrons. The predicted octanol–water partition coefficient (Wildman–Crippen LogP) is 3.95. The summed E-state index contributed by atoms with van der Waals surface area (Å²) in [5, 5.41) is 3.23. The molecule has 1 aliphatic carbocycles. The number of Topliss-reactive ketones (excluding diaryl/α,β-unsaturated/α-hetero) is 1. The van der Waals surface area contributed by atoms with Crippen LogP contribution in [-0.4, -0.2) is 31.9 Å². The second-order valence-corrected chi connectivity index (χ2v) is 8.91. The third-order valence-electron chi connectivity index (χ3n) is 6.54.